The van der Waals surface area contributed by atoms with Crippen molar-refractivity contribution in [1.82, 2.24) is 0 Å². The Hall–Kier alpha value is -3.46. The van der Waals surface area contributed by atoms with Gasteiger partial charge in [0.1, 0.15) is 17.4 Å². The van der Waals surface area contributed by atoms with E-state index in [2.05, 4.69) is 10.0 Å². The first kappa shape index (κ1) is 22.2. The van der Waals surface area contributed by atoms with Crippen LogP contribution in [0.15, 0.2) is 65.6 Å². The van der Waals surface area contributed by atoms with Crippen molar-refractivity contribution in [1.29, 1.82) is 0 Å². The molecule has 0 aliphatic rings. The summed E-state index contributed by atoms with van der Waals surface area (Å²) >= 11 is 0. The molecule has 0 atom stereocenters. The van der Waals surface area contributed by atoms with E-state index in [1.165, 1.54) is 18.2 Å². The minimum atomic E-state index is -3.80. The van der Waals surface area contributed by atoms with Crippen molar-refractivity contribution in [2.24, 2.45) is 0 Å². The third kappa shape index (κ3) is 5.79. The molecule has 1 amide bonds. The lowest BCUT2D eigenvalue weighted by Crippen LogP contribution is -2.21. The molecule has 0 heterocycles. The average Bonchev–Trinajstić information content (AvgIpc) is 2.70. The molecule has 0 aliphatic heterocycles. The Morgan fingerprint density at radius 2 is 1.68 bits per heavy atom. The van der Waals surface area contributed by atoms with E-state index in [-0.39, 0.29) is 10.6 Å². The van der Waals surface area contributed by atoms with Gasteiger partial charge in [-0.3, -0.25) is 9.52 Å². The molecule has 0 spiro atoms. The normalized spacial score (nSPS) is 11.1. The summed E-state index contributed by atoms with van der Waals surface area (Å²) in [6.45, 7) is 3.10. The molecular weight excluding hydrogens is 426 g/mol. The van der Waals surface area contributed by atoms with Crippen LogP contribution in [0.25, 0.3) is 0 Å². The molecule has 6 nitrogen and oxygen atoms in total. The van der Waals surface area contributed by atoms with Gasteiger partial charge in [-0.05, 0) is 61.9 Å². The molecule has 3 aromatic rings. The van der Waals surface area contributed by atoms with E-state index in [0.29, 0.717) is 23.1 Å². The van der Waals surface area contributed by atoms with Crippen LogP contribution in [0.5, 0.6) is 5.75 Å². The van der Waals surface area contributed by atoms with Gasteiger partial charge in [0, 0.05) is 11.8 Å². The molecule has 2 N–H and O–H groups in total. The number of carbonyl (C=O) groups excluding carboxylic acids is 1. The minimum absolute atomic E-state index is 0.0377. The number of hydrogen-bond acceptors (Lipinski definition) is 4. The van der Waals surface area contributed by atoms with Gasteiger partial charge in [-0.1, -0.05) is 17.7 Å². The van der Waals surface area contributed by atoms with Crippen molar-refractivity contribution in [3.63, 3.8) is 0 Å². The van der Waals surface area contributed by atoms with Crippen LogP contribution in [0, 0.1) is 25.5 Å². The van der Waals surface area contributed by atoms with Crippen LogP contribution >= 0.6 is 0 Å². The smallest absolute Gasteiger partial charge is 0.262 e. The average molecular weight is 446 g/mol. The molecule has 0 unspecified atom stereocenters. The largest absolute Gasteiger partial charge is 0.483 e. The first-order valence-corrected chi connectivity index (χ1v) is 10.7. The van der Waals surface area contributed by atoms with Gasteiger partial charge in [0.15, 0.2) is 6.61 Å². The zero-order valence-corrected chi connectivity index (χ0v) is 17.6. The van der Waals surface area contributed by atoms with Gasteiger partial charge in [0.2, 0.25) is 0 Å². The molecule has 0 fully saturated rings. The van der Waals surface area contributed by atoms with Gasteiger partial charge in [0.05, 0.1) is 10.6 Å². The number of ether oxygens (including phenoxy) is 1. The second-order valence-electron chi connectivity index (χ2n) is 6.86. The Morgan fingerprint density at radius 3 is 2.32 bits per heavy atom. The zero-order chi connectivity index (χ0) is 22.6. The third-order valence-corrected chi connectivity index (χ3v) is 5.70. The van der Waals surface area contributed by atoms with Crippen molar-refractivity contribution >= 4 is 27.3 Å². The van der Waals surface area contributed by atoms with E-state index in [0.717, 1.165) is 17.7 Å². The molecule has 31 heavy (non-hydrogen) atoms. The molecule has 0 aromatic heterocycles. The monoisotopic (exact) mass is 446 g/mol. The summed E-state index contributed by atoms with van der Waals surface area (Å²) < 4.78 is 59.6. The van der Waals surface area contributed by atoms with Crippen molar-refractivity contribution < 1.29 is 26.7 Å². The Kier molecular flexibility index (Phi) is 6.55. The molecule has 0 saturated carbocycles. The van der Waals surface area contributed by atoms with Crippen LogP contribution in [0.4, 0.5) is 20.2 Å². The third-order valence-electron chi connectivity index (χ3n) is 4.32. The van der Waals surface area contributed by atoms with Gasteiger partial charge in [-0.15, -0.1) is 0 Å². The standard InChI is InChI=1S/C22H20F2N2O4S/c1-14-3-6-17(7-4-14)26-31(28,29)18-8-10-21(15(2)11-18)30-13-22(27)25-20-9-5-16(23)12-19(20)24/h3-12,26H,13H2,1-2H3,(H,25,27). The predicted octanol–water partition coefficient (Wildman–Crippen LogP) is 4.40. The molecule has 0 radical (unpaired) electrons. The number of aryl methyl sites for hydroxylation is 2. The van der Waals surface area contributed by atoms with Crippen molar-refractivity contribution in [3.05, 3.63) is 83.4 Å². The summed E-state index contributed by atoms with van der Waals surface area (Å²) in [6, 6.07) is 13.9. The quantitative estimate of drug-likeness (QED) is 0.564. The molecule has 3 aromatic carbocycles. The van der Waals surface area contributed by atoms with Crippen molar-refractivity contribution in [3.8, 4) is 5.75 Å². The summed E-state index contributed by atoms with van der Waals surface area (Å²) in [5.41, 5.74) is 1.77. The fourth-order valence-electron chi connectivity index (χ4n) is 2.71. The fraction of sp³-hybridized carbons (Fsp3) is 0.136. The number of hydrogen-bond donors (Lipinski definition) is 2. The highest BCUT2D eigenvalue weighted by Crippen LogP contribution is 2.24. The van der Waals surface area contributed by atoms with E-state index in [4.69, 9.17) is 4.74 Å². The van der Waals surface area contributed by atoms with Gasteiger partial charge in [0.25, 0.3) is 15.9 Å². The number of halogens is 2. The molecule has 0 bridgehead atoms. The Labute approximate surface area is 178 Å². The zero-order valence-electron chi connectivity index (χ0n) is 16.8. The highest BCUT2D eigenvalue weighted by atomic mass is 32.2. The summed E-state index contributed by atoms with van der Waals surface area (Å²) in [5, 5.41) is 2.28. The van der Waals surface area contributed by atoms with Gasteiger partial charge in [-0.2, -0.15) is 0 Å². The highest BCUT2D eigenvalue weighted by Gasteiger charge is 2.16. The number of sulfonamides is 1. The summed E-state index contributed by atoms with van der Waals surface area (Å²) in [6.07, 6.45) is 0. The summed E-state index contributed by atoms with van der Waals surface area (Å²) in [4.78, 5) is 12.0. The van der Waals surface area contributed by atoms with Crippen molar-refractivity contribution in [2.45, 2.75) is 18.7 Å². The maximum absolute atomic E-state index is 13.6. The van der Waals surface area contributed by atoms with Gasteiger partial charge in [-0.25, -0.2) is 17.2 Å². The number of nitrogens with one attached hydrogen (secondary N) is 2. The SMILES string of the molecule is Cc1ccc(NS(=O)(=O)c2ccc(OCC(=O)Nc3ccc(F)cc3F)c(C)c2)cc1. The Morgan fingerprint density at radius 1 is 0.968 bits per heavy atom. The van der Waals surface area contributed by atoms with Crippen molar-refractivity contribution in [2.75, 3.05) is 16.6 Å². The number of anilines is 2. The van der Waals surface area contributed by atoms with Gasteiger partial charge >= 0.3 is 0 Å². The molecular formula is C22H20F2N2O4S. The number of rotatable bonds is 7. The highest BCUT2D eigenvalue weighted by molar-refractivity contribution is 7.92. The van der Waals surface area contributed by atoms with Crippen LogP contribution in [0.2, 0.25) is 0 Å². The Balaban J connectivity index is 1.64. The second kappa shape index (κ2) is 9.13. The lowest BCUT2D eigenvalue weighted by molar-refractivity contribution is -0.118. The molecule has 0 saturated heterocycles. The molecule has 9 heteroatoms. The van der Waals surface area contributed by atoms with Crippen LogP contribution in [-0.4, -0.2) is 20.9 Å². The maximum Gasteiger partial charge on any atom is 0.262 e. The second-order valence-corrected chi connectivity index (χ2v) is 8.54. The van der Waals surface area contributed by atoms with E-state index in [9.17, 15) is 22.0 Å². The summed E-state index contributed by atoms with van der Waals surface area (Å²) in [5.74, 6) is -2.01. The van der Waals surface area contributed by atoms with E-state index < -0.39 is 34.2 Å². The van der Waals surface area contributed by atoms with E-state index in [1.54, 1.807) is 31.2 Å². The number of carbonyl (C=O) groups is 1. The fourth-order valence-corrected chi connectivity index (χ4v) is 3.85. The molecule has 3 rings (SSSR count). The lowest BCUT2D eigenvalue weighted by Gasteiger charge is -2.13. The Bertz CT molecular complexity index is 1210. The summed E-state index contributed by atoms with van der Waals surface area (Å²) in [7, 11) is -3.80. The van der Waals surface area contributed by atoms with E-state index >= 15 is 0 Å². The molecule has 0 aliphatic carbocycles. The topological polar surface area (TPSA) is 84.5 Å². The van der Waals surface area contributed by atoms with Gasteiger partial charge < -0.3 is 10.1 Å². The van der Waals surface area contributed by atoms with Crippen LogP contribution < -0.4 is 14.8 Å². The van der Waals surface area contributed by atoms with Crippen LogP contribution in [0.1, 0.15) is 11.1 Å². The first-order chi connectivity index (χ1) is 14.6. The predicted molar refractivity (Wildman–Crippen MR) is 114 cm³/mol. The number of amides is 1. The van der Waals surface area contributed by atoms with Crippen LogP contribution in [-0.2, 0) is 14.8 Å². The van der Waals surface area contributed by atoms with Crippen LogP contribution in [0.3, 0.4) is 0 Å². The molecule has 162 valence electrons. The first-order valence-electron chi connectivity index (χ1n) is 9.22. The maximum atomic E-state index is 13.6. The minimum Gasteiger partial charge on any atom is -0.483 e. The van der Waals surface area contributed by atoms with E-state index in [1.807, 2.05) is 6.92 Å². The number of benzene rings is 3. The lowest BCUT2D eigenvalue weighted by atomic mass is 10.2.